The number of rotatable bonds is 5. The Labute approximate surface area is 141 Å². The molecule has 0 saturated heterocycles. The van der Waals surface area contributed by atoms with Crippen molar-refractivity contribution in [2.45, 2.75) is 32.8 Å². The summed E-state index contributed by atoms with van der Waals surface area (Å²) < 4.78 is 1.77. The summed E-state index contributed by atoms with van der Waals surface area (Å²) in [6, 6.07) is 1.86. The second-order valence-electron chi connectivity index (χ2n) is 5.21. The van der Waals surface area contributed by atoms with E-state index in [2.05, 4.69) is 17.1 Å². The van der Waals surface area contributed by atoms with Crippen molar-refractivity contribution in [2.75, 3.05) is 18.2 Å². The van der Waals surface area contributed by atoms with Crippen LogP contribution in [0.4, 0.5) is 5.82 Å². The number of fused-ring (bicyclic) bond motifs is 1. The predicted octanol–water partition coefficient (Wildman–Crippen LogP) is 2.34. The first-order valence-electron chi connectivity index (χ1n) is 7.47. The van der Waals surface area contributed by atoms with Gasteiger partial charge in [0, 0.05) is 31.1 Å². The molecule has 1 aliphatic heterocycles. The van der Waals surface area contributed by atoms with E-state index in [0.29, 0.717) is 17.8 Å². The third-order valence-electron chi connectivity index (χ3n) is 3.80. The molecule has 1 aromatic heterocycles. The molecule has 2 heterocycles. The Bertz CT molecular complexity index is 735. The zero-order valence-corrected chi connectivity index (χ0v) is 15.1. The molecule has 0 amide bonds. The minimum absolute atomic E-state index is 0.0171. The number of anilines is 1. The average Bonchev–Trinajstić information content (AvgIpc) is 2.55. The summed E-state index contributed by atoms with van der Waals surface area (Å²) in [6.07, 6.45) is 3.63. The quantitative estimate of drug-likeness (QED) is 0.664. The highest BCUT2D eigenvalue weighted by molar-refractivity contribution is 7.99. The zero-order valence-electron chi connectivity index (χ0n) is 14.3. The van der Waals surface area contributed by atoms with Crippen LogP contribution in [0.3, 0.4) is 0 Å². The van der Waals surface area contributed by atoms with E-state index >= 15 is 0 Å². The first kappa shape index (κ1) is 17.3. The van der Waals surface area contributed by atoms with Crippen LogP contribution < -0.4 is 15.9 Å². The molecule has 0 fully saturated rings. The number of hydrogen-bond donors (Lipinski definition) is 1. The first-order valence-corrected chi connectivity index (χ1v) is 8.76. The molecular weight excluding hydrogens is 310 g/mol. The summed E-state index contributed by atoms with van der Waals surface area (Å²) in [5, 5.41) is 3.95. The lowest BCUT2D eigenvalue weighted by Gasteiger charge is -2.34. The number of thioether (sulfide) groups is 1. The number of nitrogens with zero attached hydrogens (tertiary/aromatic N) is 4. The predicted molar refractivity (Wildman–Crippen MR) is 101 cm³/mol. The molecule has 0 aliphatic carbocycles. The highest BCUT2D eigenvalue weighted by Gasteiger charge is 2.27. The number of aliphatic imine (C=N–C) groups is 1. The lowest BCUT2D eigenvalue weighted by Crippen LogP contribution is -2.39. The van der Waals surface area contributed by atoms with E-state index < -0.39 is 0 Å². The summed E-state index contributed by atoms with van der Waals surface area (Å²) in [6.45, 7) is 10.2. The van der Waals surface area contributed by atoms with E-state index in [1.54, 1.807) is 29.5 Å². The molecule has 124 valence electrons. The number of nitrogens with one attached hydrogen (secondary N) is 1. The summed E-state index contributed by atoms with van der Waals surface area (Å²) in [5.41, 5.74) is 5.59. The van der Waals surface area contributed by atoms with Gasteiger partial charge in [-0.15, -0.1) is 11.8 Å². The van der Waals surface area contributed by atoms with E-state index in [9.17, 15) is 4.79 Å². The molecule has 1 atom stereocenters. The molecule has 1 aromatic rings. The summed E-state index contributed by atoms with van der Waals surface area (Å²) >= 11 is 1.64. The van der Waals surface area contributed by atoms with Crippen molar-refractivity contribution < 1.29 is 0 Å². The van der Waals surface area contributed by atoms with Gasteiger partial charge in [0.05, 0.1) is 11.3 Å². The molecule has 2 rings (SSSR count). The van der Waals surface area contributed by atoms with E-state index in [-0.39, 0.29) is 11.1 Å². The standard InChI is InChI=1S/C16H23N5OS/c1-7-17-19-11(4)13-9-12-10(3)18-16(23-6)20(5)14(12)21(8-2)15(13)22/h7,9,16,19H,4,8H2,1-3,5-6H3/b17-7-. The topological polar surface area (TPSA) is 62.0 Å². The van der Waals surface area contributed by atoms with Gasteiger partial charge >= 0.3 is 0 Å². The van der Waals surface area contributed by atoms with Crippen LogP contribution in [0.2, 0.25) is 0 Å². The molecule has 7 heteroatoms. The van der Waals surface area contributed by atoms with E-state index in [0.717, 1.165) is 17.1 Å². The average molecular weight is 333 g/mol. The molecule has 0 saturated carbocycles. The Morgan fingerprint density at radius 2 is 2.30 bits per heavy atom. The third-order valence-corrected chi connectivity index (χ3v) is 4.64. The number of hydrazone groups is 1. The van der Waals surface area contributed by atoms with E-state index in [1.807, 2.05) is 38.1 Å². The largest absolute Gasteiger partial charge is 0.330 e. The van der Waals surface area contributed by atoms with Crippen LogP contribution in [0.15, 0.2) is 27.5 Å². The molecule has 23 heavy (non-hydrogen) atoms. The molecule has 0 bridgehead atoms. The fourth-order valence-corrected chi connectivity index (χ4v) is 3.33. The minimum atomic E-state index is -0.0727. The highest BCUT2D eigenvalue weighted by Crippen LogP contribution is 2.31. The second kappa shape index (κ2) is 7.04. The fourth-order valence-electron chi connectivity index (χ4n) is 2.65. The van der Waals surface area contributed by atoms with Crippen LogP contribution in [0.25, 0.3) is 5.70 Å². The van der Waals surface area contributed by atoms with Crippen molar-refractivity contribution in [3.63, 3.8) is 0 Å². The van der Waals surface area contributed by atoms with Crippen LogP contribution in [0.1, 0.15) is 31.9 Å². The molecule has 6 nitrogen and oxygen atoms in total. The van der Waals surface area contributed by atoms with Gasteiger partial charge in [0.25, 0.3) is 5.56 Å². The van der Waals surface area contributed by atoms with Gasteiger partial charge in [-0.25, -0.2) is 0 Å². The number of pyridine rings is 1. The van der Waals surface area contributed by atoms with E-state index in [1.165, 1.54) is 0 Å². The minimum Gasteiger partial charge on any atom is -0.330 e. The monoisotopic (exact) mass is 333 g/mol. The highest BCUT2D eigenvalue weighted by atomic mass is 32.2. The Kier molecular flexibility index (Phi) is 5.30. The van der Waals surface area contributed by atoms with Crippen molar-refractivity contribution in [1.29, 1.82) is 0 Å². The van der Waals surface area contributed by atoms with Crippen LogP contribution >= 0.6 is 11.8 Å². The lowest BCUT2D eigenvalue weighted by molar-refractivity contribution is 0.685. The van der Waals surface area contributed by atoms with Crippen molar-refractivity contribution in [1.82, 2.24) is 9.99 Å². The van der Waals surface area contributed by atoms with Gasteiger partial charge in [-0.3, -0.25) is 19.8 Å². The maximum Gasteiger partial charge on any atom is 0.261 e. The third kappa shape index (κ3) is 3.06. The van der Waals surface area contributed by atoms with Gasteiger partial charge in [-0.1, -0.05) is 6.58 Å². The van der Waals surface area contributed by atoms with Gasteiger partial charge in [-0.05, 0) is 33.1 Å². The van der Waals surface area contributed by atoms with E-state index in [4.69, 9.17) is 4.99 Å². The Hall–Kier alpha value is -2.02. The second-order valence-corrected chi connectivity index (χ2v) is 6.10. The van der Waals surface area contributed by atoms with Crippen LogP contribution in [0, 0.1) is 0 Å². The van der Waals surface area contributed by atoms with Crippen molar-refractivity contribution in [2.24, 2.45) is 10.1 Å². The van der Waals surface area contributed by atoms with Crippen LogP contribution in [-0.4, -0.2) is 35.3 Å². The maximum absolute atomic E-state index is 12.9. The molecular formula is C16H23N5OS. The lowest BCUT2D eigenvalue weighted by atomic mass is 10.1. The van der Waals surface area contributed by atoms with Gasteiger partial charge < -0.3 is 4.90 Å². The van der Waals surface area contributed by atoms with Gasteiger partial charge in [-0.2, -0.15) is 5.10 Å². The molecule has 1 aliphatic rings. The zero-order chi connectivity index (χ0) is 17.1. The summed E-state index contributed by atoms with van der Waals surface area (Å²) in [5.74, 6) is 0.903. The Morgan fingerprint density at radius 3 is 2.87 bits per heavy atom. The molecule has 0 spiro atoms. The molecule has 0 aromatic carbocycles. The van der Waals surface area contributed by atoms with Crippen molar-refractivity contribution >= 4 is 35.2 Å². The van der Waals surface area contributed by atoms with Crippen molar-refractivity contribution in [3.05, 3.63) is 34.1 Å². The first-order chi connectivity index (χ1) is 11.0. The van der Waals surface area contributed by atoms with Crippen molar-refractivity contribution in [3.8, 4) is 0 Å². The number of hydrogen-bond acceptors (Lipinski definition) is 6. The molecule has 1 N–H and O–H groups in total. The molecule has 1 unspecified atom stereocenters. The normalized spacial score (nSPS) is 17.2. The smallest absolute Gasteiger partial charge is 0.261 e. The number of aromatic nitrogens is 1. The summed E-state index contributed by atoms with van der Waals surface area (Å²) in [7, 11) is 1.97. The Morgan fingerprint density at radius 1 is 1.61 bits per heavy atom. The maximum atomic E-state index is 12.9. The fraction of sp³-hybridized carbons (Fsp3) is 0.438. The van der Waals surface area contributed by atoms with Gasteiger partial charge in [0.2, 0.25) is 0 Å². The van der Waals surface area contributed by atoms with Gasteiger partial charge in [0.1, 0.15) is 5.82 Å². The SMILES string of the molecule is C=C(N/N=C\C)c1cc2c(n(CC)c1=O)N(C)C(SC)N=C2C. The van der Waals surface area contributed by atoms with Crippen LogP contribution in [-0.2, 0) is 6.54 Å². The Balaban J connectivity index is 2.68. The van der Waals surface area contributed by atoms with Crippen LogP contribution in [0.5, 0.6) is 0 Å². The van der Waals surface area contributed by atoms with Gasteiger partial charge in [0.15, 0.2) is 5.50 Å². The summed E-state index contributed by atoms with van der Waals surface area (Å²) in [4.78, 5) is 19.6. The molecule has 0 radical (unpaired) electrons.